The first-order valence-electron chi connectivity index (χ1n) is 6.59. The second-order valence-electron chi connectivity index (χ2n) is 5.00. The van der Waals surface area contributed by atoms with Crippen molar-refractivity contribution in [3.05, 3.63) is 59.2 Å². The molecule has 0 aliphatic heterocycles. The zero-order chi connectivity index (χ0) is 15.0. The molecule has 1 unspecified atom stereocenters. The van der Waals surface area contributed by atoms with E-state index < -0.39 is 17.7 Å². The lowest BCUT2D eigenvalue weighted by molar-refractivity contribution is 0.107. The normalized spacial score (nSPS) is 16.6. The summed E-state index contributed by atoms with van der Waals surface area (Å²) in [6, 6.07) is 8.63. The summed E-state index contributed by atoms with van der Waals surface area (Å²) in [5, 5.41) is 0. The van der Waals surface area contributed by atoms with Crippen molar-refractivity contribution in [1.82, 2.24) is 0 Å². The Morgan fingerprint density at radius 2 is 2.00 bits per heavy atom. The first-order valence-corrected chi connectivity index (χ1v) is 6.59. The number of aryl methyl sites for hydroxylation is 1. The Hall–Kier alpha value is -2.43. The molecular weight excluding hydrogens is 276 g/mol. The van der Waals surface area contributed by atoms with E-state index in [2.05, 4.69) is 0 Å². The van der Waals surface area contributed by atoms with Gasteiger partial charge in [0, 0.05) is 5.56 Å². The molecule has 5 heteroatoms. The van der Waals surface area contributed by atoms with Gasteiger partial charge in [-0.25, -0.2) is 13.6 Å². The van der Waals surface area contributed by atoms with Gasteiger partial charge in [0.2, 0.25) is 0 Å². The van der Waals surface area contributed by atoms with Crippen LogP contribution in [0.15, 0.2) is 36.4 Å². The second-order valence-corrected chi connectivity index (χ2v) is 5.00. The molecule has 1 atom stereocenters. The van der Waals surface area contributed by atoms with Gasteiger partial charge in [-0.3, -0.25) is 0 Å². The fourth-order valence-corrected chi connectivity index (χ4v) is 2.73. The van der Waals surface area contributed by atoms with Crippen LogP contribution in [-0.4, -0.2) is 6.09 Å². The summed E-state index contributed by atoms with van der Waals surface area (Å²) in [5.74, 6) is -0.957. The zero-order valence-electron chi connectivity index (χ0n) is 11.1. The van der Waals surface area contributed by atoms with E-state index in [0.29, 0.717) is 18.4 Å². The van der Waals surface area contributed by atoms with Crippen LogP contribution in [0.1, 0.15) is 23.7 Å². The van der Waals surface area contributed by atoms with Crippen LogP contribution in [0.3, 0.4) is 0 Å². The highest BCUT2D eigenvalue weighted by atomic mass is 19.1. The molecule has 2 aromatic rings. The summed E-state index contributed by atoms with van der Waals surface area (Å²) < 4.78 is 32.1. The van der Waals surface area contributed by atoms with Gasteiger partial charge in [0.05, 0.1) is 0 Å². The van der Waals surface area contributed by atoms with Crippen LogP contribution in [0.25, 0.3) is 11.1 Å². The predicted molar refractivity (Wildman–Crippen MR) is 73.5 cm³/mol. The lowest BCUT2D eigenvalue weighted by atomic mass is 9.99. The van der Waals surface area contributed by atoms with Crippen LogP contribution in [-0.2, 0) is 11.2 Å². The zero-order valence-corrected chi connectivity index (χ0v) is 11.1. The Morgan fingerprint density at radius 1 is 1.19 bits per heavy atom. The highest BCUT2D eigenvalue weighted by Gasteiger charge is 2.25. The van der Waals surface area contributed by atoms with Crippen LogP contribution in [0.5, 0.6) is 0 Å². The van der Waals surface area contributed by atoms with Crippen molar-refractivity contribution in [3.8, 4) is 11.1 Å². The molecule has 1 amide bonds. The Bertz CT molecular complexity index is 715. The smallest absolute Gasteiger partial charge is 0.405 e. The molecular formula is C16H13F2NO2. The van der Waals surface area contributed by atoms with E-state index in [9.17, 15) is 13.6 Å². The lowest BCUT2D eigenvalue weighted by Gasteiger charge is -2.12. The molecule has 3 nitrogen and oxygen atoms in total. The lowest BCUT2D eigenvalue weighted by Crippen LogP contribution is -2.15. The van der Waals surface area contributed by atoms with Crippen molar-refractivity contribution >= 4 is 6.09 Å². The van der Waals surface area contributed by atoms with Crippen molar-refractivity contribution in [3.63, 3.8) is 0 Å². The first-order chi connectivity index (χ1) is 10.0. The maximum Gasteiger partial charge on any atom is 0.405 e. The van der Waals surface area contributed by atoms with Gasteiger partial charge >= 0.3 is 6.09 Å². The maximum atomic E-state index is 13.8. The average molecular weight is 289 g/mol. The quantitative estimate of drug-likeness (QED) is 0.916. The third-order valence-corrected chi connectivity index (χ3v) is 3.66. The maximum absolute atomic E-state index is 13.8. The Morgan fingerprint density at radius 3 is 2.76 bits per heavy atom. The Kier molecular flexibility index (Phi) is 3.33. The molecule has 0 heterocycles. The number of hydrogen-bond acceptors (Lipinski definition) is 2. The molecule has 108 valence electrons. The van der Waals surface area contributed by atoms with E-state index in [4.69, 9.17) is 10.5 Å². The van der Waals surface area contributed by atoms with E-state index >= 15 is 0 Å². The standard InChI is InChI=1S/C16H13F2NO2/c17-11-3-5-14(18)13(8-11)10-1-4-12-9(7-10)2-6-15(12)21-16(19)20/h1,3-5,7-8,15H,2,6H2,(H2,19,20). The molecule has 2 N–H and O–H groups in total. The summed E-state index contributed by atoms with van der Waals surface area (Å²) in [7, 11) is 0. The number of benzene rings is 2. The fourth-order valence-electron chi connectivity index (χ4n) is 2.73. The van der Waals surface area contributed by atoms with Crippen molar-refractivity contribution < 1.29 is 18.3 Å². The molecule has 0 saturated carbocycles. The molecule has 0 spiro atoms. The minimum Gasteiger partial charge on any atom is -0.441 e. The second kappa shape index (κ2) is 5.16. The molecule has 2 aromatic carbocycles. The highest BCUT2D eigenvalue weighted by Crippen LogP contribution is 2.36. The molecule has 3 rings (SSSR count). The number of nitrogens with two attached hydrogens (primary N) is 1. The van der Waals surface area contributed by atoms with Crippen LogP contribution < -0.4 is 5.73 Å². The summed E-state index contributed by atoms with van der Waals surface area (Å²) in [6.07, 6.45) is 0.183. The molecule has 1 aliphatic carbocycles. The molecule has 0 aromatic heterocycles. The van der Waals surface area contributed by atoms with Crippen molar-refractivity contribution in [1.29, 1.82) is 0 Å². The van der Waals surface area contributed by atoms with Gasteiger partial charge in [-0.1, -0.05) is 18.2 Å². The van der Waals surface area contributed by atoms with Crippen LogP contribution in [0.4, 0.5) is 13.6 Å². The van der Waals surface area contributed by atoms with Crippen molar-refractivity contribution in [2.24, 2.45) is 5.73 Å². The number of carbonyl (C=O) groups excluding carboxylic acids is 1. The van der Waals surface area contributed by atoms with Gasteiger partial charge in [-0.05, 0) is 47.7 Å². The number of primary amides is 1. The van der Waals surface area contributed by atoms with Gasteiger partial charge in [0.15, 0.2) is 0 Å². The summed E-state index contributed by atoms with van der Waals surface area (Å²) in [6.45, 7) is 0. The molecule has 0 bridgehead atoms. The van der Waals surface area contributed by atoms with Gasteiger partial charge < -0.3 is 10.5 Å². The number of rotatable bonds is 2. The topological polar surface area (TPSA) is 52.3 Å². The highest BCUT2D eigenvalue weighted by molar-refractivity contribution is 5.67. The number of ether oxygens (including phenoxy) is 1. The van der Waals surface area contributed by atoms with E-state index in [1.165, 1.54) is 6.07 Å². The molecule has 0 radical (unpaired) electrons. The van der Waals surface area contributed by atoms with Crippen molar-refractivity contribution in [2.45, 2.75) is 18.9 Å². The van der Waals surface area contributed by atoms with E-state index in [1.807, 2.05) is 0 Å². The van der Waals surface area contributed by atoms with Gasteiger partial charge in [0.1, 0.15) is 17.7 Å². The number of carbonyl (C=O) groups is 1. The molecule has 0 saturated heterocycles. The predicted octanol–water partition coefficient (Wildman–Crippen LogP) is 3.71. The van der Waals surface area contributed by atoms with Crippen LogP contribution >= 0.6 is 0 Å². The molecule has 21 heavy (non-hydrogen) atoms. The first kappa shape index (κ1) is 13.5. The van der Waals surface area contributed by atoms with E-state index in [0.717, 1.165) is 23.3 Å². The minimum absolute atomic E-state index is 0.220. The summed E-state index contributed by atoms with van der Waals surface area (Å²) in [5.41, 5.74) is 7.69. The average Bonchev–Trinajstić information content (AvgIpc) is 2.83. The SMILES string of the molecule is NC(=O)OC1CCc2cc(-c3cc(F)ccc3F)ccc21. The van der Waals surface area contributed by atoms with Gasteiger partial charge in [-0.2, -0.15) is 0 Å². The number of amides is 1. The Balaban J connectivity index is 1.98. The number of hydrogen-bond donors (Lipinski definition) is 1. The third kappa shape index (κ3) is 2.59. The summed E-state index contributed by atoms with van der Waals surface area (Å²) in [4.78, 5) is 10.8. The Labute approximate surface area is 120 Å². The summed E-state index contributed by atoms with van der Waals surface area (Å²) >= 11 is 0. The monoisotopic (exact) mass is 289 g/mol. The third-order valence-electron chi connectivity index (χ3n) is 3.66. The van der Waals surface area contributed by atoms with Crippen LogP contribution in [0, 0.1) is 11.6 Å². The minimum atomic E-state index is -0.812. The van der Waals surface area contributed by atoms with Crippen LogP contribution in [0.2, 0.25) is 0 Å². The van der Waals surface area contributed by atoms with Crippen molar-refractivity contribution in [2.75, 3.05) is 0 Å². The van der Waals surface area contributed by atoms with E-state index in [-0.39, 0.29) is 11.7 Å². The number of halogens is 2. The largest absolute Gasteiger partial charge is 0.441 e. The van der Waals surface area contributed by atoms with E-state index in [1.54, 1.807) is 18.2 Å². The van der Waals surface area contributed by atoms with Gasteiger partial charge in [-0.15, -0.1) is 0 Å². The van der Waals surface area contributed by atoms with Gasteiger partial charge in [0.25, 0.3) is 0 Å². The number of fused-ring (bicyclic) bond motifs is 1. The molecule has 0 fully saturated rings. The fraction of sp³-hybridized carbons (Fsp3) is 0.188. The molecule has 1 aliphatic rings.